The largest absolute Gasteiger partial charge is 0.492 e. The van der Waals surface area contributed by atoms with Crippen molar-refractivity contribution >= 4 is 64.1 Å². The van der Waals surface area contributed by atoms with Gasteiger partial charge in [-0.1, -0.05) is 86.6 Å². The lowest BCUT2D eigenvalue weighted by atomic mass is 10.0. The van der Waals surface area contributed by atoms with E-state index in [0.29, 0.717) is 63.4 Å². The van der Waals surface area contributed by atoms with E-state index in [1.54, 1.807) is 12.1 Å². The molecule has 212 valence electrons. The van der Waals surface area contributed by atoms with Crippen LogP contribution < -0.4 is 20.9 Å². The minimum absolute atomic E-state index is 0.0460. The molecule has 0 saturated heterocycles. The van der Waals surface area contributed by atoms with Crippen LogP contribution in [0.15, 0.2) is 67.0 Å². The van der Waals surface area contributed by atoms with E-state index < -0.39 is 0 Å². The number of ether oxygens (including phenoxy) is 2. The van der Waals surface area contributed by atoms with Gasteiger partial charge in [-0.3, -0.25) is 5.41 Å². The lowest BCUT2D eigenvalue weighted by molar-refractivity contribution is 0.270. The zero-order valence-corrected chi connectivity index (χ0v) is 26.2. The molecule has 0 fully saturated rings. The van der Waals surface area contributed by atoms with Crippen LogP contribution in [-0.2, 0) is 0 Å². The SMILES string of the molecule is CC(C)CCOc1c(Sc2ccccc2N)c(Sc2ccc(Cl)cc2Cl)c(OCCC(C)C)c2c1C(=N)N=C2N. The number of aliphatic imine (C=N–C) groups is 1. The molecule has 1 aliphatic rings. The molecule has 3 aromatic rings. The van der Waals surface area contributed by atoms with E-state index in [-0.39, 0.29) is 11.7 Å². The number of nitrogens with one attached hydrogen (secondary N) is 1. The maximum absolute atomic E-state index is 8.75. The third-order valence-corrected chi connectivity index (χ3v) is 9.31. The number of nitrogens with zero attached hydrogens (tertiary/aromatic N) is 1. The summed E-state index contributed by atoms with van der Waals surface area (Å²) < 4.78 is 13.0. The number of benzene rings is 3. The van der Waals surface area contributed by atoms with Crippen LogP contribution in [0.2, 0.25) is 10.0 Å². The number of fused-ring (bicyclic) bond motifs is 1. The Morgan fingerprint density at radius 1 is 0.825 bits per heavy atom. The zero-order valence-electron chi connectivity index (χ0n) is 23.0. The van der Waals surface area contributed by atoms with E-state index in [2.05, 4.69) is 32.7 Å². The smallest absolute Gasteiger partial charge is 0.158 e. The first kappa shape index (κ1) is 30.4. The summed E-state index contributed by atoms with van der Waals surface area (Å²) in [7, 11) is 0. The molecule has 0 radical (unpaired) electrons. The molecule has 40 heavy (non-hydrogen) atoms. The minimum Gasteiger partial charge on any atom is -0.492 e. The van der Waals surface area contributed by atoms with Gasteiger partial charge in [-0.15, -0.1) is 0 Å². The second-order valence-corrected chi connectivity index (χ2v) is 13.2. The fourth-order valence-electron chi connectivity index (χ4n) is 3.97. The first-order valence-electron chi connectivity index (χ1n) is 13.1. The molecule has 5 N–H and O–H groups in total. The van der Waals surface area contributed by atoms with Crippen LogP contribution in [0.1, 0.15) is 51.7 Å². The second-order valence-electron chi connectivity index (χ2n) is 10.3. The molecule has 1 aliphatic heterocycles. The van der Waals surface area contributed by atoms with E-state index >= 15 is 0 Å². The summed E-state index contributed by atoms with van der Waals surface area (Å²) in [6.07, 6.45) is 1.68. The first-order valence-corrected chi connectivity index (χ1v) is 15.5. The number of hydrogen-bond acceptors (Lipinski definition) is 7. The van der Waals surface area contributed by atoms with Gasteiger partial charge in [0.25, 0.3) is 0 Å². The van der Waals surface area contributed by atoms with E-state index in [1.807, 2.05) is 30.3 Å². The summed E-state index contributed by atoms with van der Waals surface area (Å²) in [5.41, 5.74) is 14.6. The normalized spacial score (nSPS) is 12.7. The Bertz CT molecular complexity index is 1440. The van der Waals surface area contributed by atoms with Gasteiger partial charge in [-0.2, -0.15) is 0 Å². The van der Waals surface area contributed by atoms with Crippen LogP contribution in [0, 0.1) is 17.2 Å². The lowest BCUT2D eigenvalue weighted by Gasteiger charge is -2.24. The van der Waals surface area contributed by atoms with Crippen LogP contribution in [0.3, 0.4) is 0 Å². The van der Waals surface area contributed by atoms with Gasteiger partial charge in [-0.05, 0) is 55.0 Å². The number of hydrogen-bond donors (Lipinski definition) is 3. The van der Waals surface area contributed by atoms with Crippen molar-refractivity contribution < 1.29 is 9.47 Å². The highest BCUT2D eigenvalue weighted by atomic mass is 35.5. The molecule has 0 saturated carbocycles. The van der Waals surface area contributed by atoms with Gasteiger partial charge in [-0.25, -0.2) is 4.99 Å². The van der Waals surface area contributed by atoms with E-state index in [0.717, 1.165) is 32.4 Å². The molecule has 6 nitrogen and oxygen atoms in total. The third kappa shape index (κ3) is 7.03. The van der Waals surface area contributed by atoms with Gasteiger partial charge in [0.05, 0.1) is 39.2 Å². The van der Waals surface area contributed by atoms with Gasteiger partial charge in [0.1, 0.15) is 17.3 Å². The Labute approximate surface area is 254 Å². The Hall–Kier alpha value is -2.52. The Morgan fingerprint density at radius 3 is 1.98 bits per heavy atom. The Balaban J connectivity index is 1.99. The molecular formula is C30H34Cl2N4O2S2. The fraction of sp³-hybridized carbons (Fsp3) is 0.333. The third-order valence-electron chi connectivity index (χ3n) is 6.17. The fourth-order valence-corrected chi connectivity index (χ4v) is 6.69. The maximum Gasteiger partial charge on any atom is 0.158 e. The number of rotatable bonds is 12. The van der Waals surface area contributed by atoms with Gasteiger partial charge < -0.3 is 20.9 Å². The average Bonchev–Trinajstić information content (AvgIpc) is 3.17. The minimum atomic E-state index is 0.0460. The van der Waals surface area contributed by atoms with E-state index in [4.69, 9.17) is 49.6 Å². The van der Waals surface area contributed by atoms with Crippen LogP contribution in [-0.4, -0.2) is 24.9 Å². The summed E-state index contributed by atoms with van der Waals surface area (Å²) in [4.78, 5) is 7.52. The molecule has 3 aromatic carbocycles. The van der Waals surface area contributed by atoms with Crippen molar-refractivity contribution in [3.05, 3.63) is 63.6 Å². The standard InChI is InChI=1S/C30H34Cl2N4O2S2/c1-16(2)11-13-37-25-23-24(30(35)36-29(23)34)26(38-14-12-17(3)4)28(40-22-8-6-5-7-20(22)33)27(25)39-21-10-9-18(31)15-19(21)32/h5-10,15-17H,11-14,33H2,1-4H3,(H3,34,35,36). The predicted octanol–water partition coefficient (Wildman–Crippen LogP) is 8.77. The van der Waals surface area contributed by atoms with Crippen molar-refractivity contribution in [2.24, 2.45) is 22.6 Å². The monoisotopic (exact) mass is 616 g/mol. The highest BCUT2D eigenvalue weighted by Gasteiger charge is 2.35. The summed E-state index contributed by atoms with van der Waals surface area (Å²) in [6.45, 7) is 9.52. The summed E-state index contributed by atoms with van der Waals surface area (Å²) in [6, 6.07) is 13.1. The van der Waals surface area contributed by atoms with Gasteiger partial charge in [0.15, 0.2) is 5.84 Å². The zero-order chi connectivity index (χ0) is 29.0. The molecule has 0 aromatic heterocycles. The van der Waals surface area contributed by atoms with Crippen molar-refractivity contribution in [2.45, 2.75) is 60.1 Å². The van der Waals surface area contributed by atoms with Crippen LogP contribution >= 0.6 is 46.7 Å². The van der Waals surface area contributed by atoms with Crippen molar-refractivity contribution in [3.8, 4) is 11.5 Å². The van der Waals surface area contributed by atoms with Crippen LogP contribution in [0.4, 0.5) is 5.69 Å². The molecule has 10 heteroatoms. The van der Waals surface area contributed by atoms with Crippen LogP contribution in [0.5, 0.6) is 11.5 Å². The first-order chi connectivity index (χ1) is 19.1. The van der Waals surface area contributed by atoms with Crippen molar-refractivity contribution in [1.82, 2.24) is 0 Å². The molecule has 0 aliphatic carbocycles. The Morgan fingerprint density at radius 2 is 1.40 bits per heavy atom. The molecule has 4 rings (SSSR count). The molecule has 0 unspecified atom stereocenters. The topological polar surface area (TPSA) is 107 Å². The van der Waals surface area contributed by atoms with Gasteiger partial charge in [0, 0.05) is 20.5 Å². The van der Waals surface area contributed by atoms with Crippen LogP contribution in [0.25, 0.3) is 0 Å². The molecule has 0 bridgehead atoms. The molecular weight excluding hydrogens is 583 g/mol. The number of nitrogen functional groups attached to an aromatic ring is 1. The second kappa shape index (κ2) is 13.4. The number of para-hydroxylation sites is 1. The highest BCUT2D eigenvalue weighted by Crippen LogP contribution is 2.55. The van der Waals surface area contributed by atoms with Gasteiger partial charge in [0.2, 0.25) is 0 Å². The molecule has 0 atom stereocenters. The van der Waals surface area contributed by atoms with Gasteiger partial charge >= 0.3 is 0 Å². The summed E-state index contributed by atoms with van der Waals surface area (Å²) in [5.74, 6) is 2.26. The van der Waals surface area contributed by atoms with E-state index in [9.17, 15) is 0 Å². The lowest BCUT2D eigenvalue weighted by Crippen LogP contribution is -2.16. The number of halogens is 2. The van der Waals surface area contributed by atoms with Crippen molar-refractivity contribution in [2.75, 3.05) is 18.9 Å². The number of nitrogens with two attached hydrogens (primary N) is 2. The maximum atomic E-state index is 8.75. The summed E-state index contributed by atoms with van der Waals surface area (Å²) >= 11 is 15.8. The average molecular weight is 618 g/mol. The summed E-state index contributed by atoms with van der Waals surface area (Å²) in [5, 5.41) is 9.81. The van der Waals surface area contributed by atoms with Crippen molar-refractivity contribution in [1.29, 1.82) is 5.41 Å². The predicted molar refractivity (Wildman–Crippen MR) is 169 cm³/mol. The molecule has 1 heterocycles. The Kier molecular flexibility index (Phi) is 10.2. The highest BCUT2D eigenvalue weighted by molar-refractivity contribution is 8.02. The molecule has 0 amide bonds. The molecule has 0 spiro atoms. The quantitative estimate of drug-likeness (QED) is 0.175. The number of amidine groups is 2. The van der Waals surface area contributed by atoms with E-state index in [1.165, 1.54) is 23.5 Å². The number of anilines is 1. The van der Waals surface area contributed by atoms with Crippen molar-refractivity contribution in [3.63, 3.8) is 0 Å².